The number of benzene rings is 2. The number of aromatic nitrogens is 2. The molecule has 0 unspecified atom stereocenters. The zero-order valence-corrected chi connectivity index (χ0v) is 16.5. The van der Waals surface area contributed by atoms with E-state index in [1.165, 1.54) is 5.56 Å². The quantitative estimate of drug-likeness (QED) is 0.506. The molecule has 0 fully saturated rings. The van der Waals surface area contributed by atoms with Crippen LogP contribution in [0.25, 0.3) is 16.9 Å². The van der Waals surface area contributed by atoms with Crippen molar-refractivity contribution >= 4 is 44.9 Å². The number of anilines is 1. The fraction of sp³-hybridized carbons (Fsp3) is 0.211. The highest BCUT2D eigenvalue weighted by Crippen LogP contribution is 2.36. The lowest BCUT2D eigenvalue weighted by molar-refractivity contribution is 0.780. The Kier molecular flexibility index (Phi) is 4.76. The first-order valence-corrected chi connectivity index (χ1v) is 9.75. The van der Waals surface area contributed by atoms with Crippen LogP contribution in [0.1, 0.15) is 18.4 Å². The highest BCUT2D eigenvalue weighted by molar-refractivity contribution is 9.10. The second-order valence-electron chi connectivity index (χ2n) is 6.08. The van der Waals surface area contributed by atoms with Crippen molar-refractivity contribution in [2.45, 2.75) is 19.3 Å². The summed E-state index contributed by atoms with van der Waals surface area (Å²) in [7, 11) is 0. The van der Waals surface area contributed by atoms with Gasteiger partial charge in [0.15, 0.2) is 0 Å². The second kappa shape index (κ2) is 7.02. The minimum atomic E-state index is 0.548. The maximum Gasteiger partial charge on any atom is 0.133 e. The van der Waals surface area contributed by atoms with Gasteiger partial charge in [-0.1, -0.05) is 51.3 Å². The Labute approximate surface area is 165 Å². The van der Waals surface area contributed by atoms with E-state index in [1.54, 1.807) is 0 Å². The number of nitrogens with zero attached hydrogens (tertiary/aromatic N) is 2. The van der Waals surface area contributed by atoms with Crippen LogP contribution in [0, 0.1) is 0 Å². The molecule has 0 amide bonds. The number of nitrogens with one attached hydrogen (secondary N) is 1. The predicted octanol–water partition coefficient (Wildman–Crippen LogP) is 6.36. The lowest BCUT2D eigenvalue weighted by Crippen LogP contribution is -2.07. The average Bonchev–Trinajstić information content (AvgIpc) is 2.79. The Hall–Kier alpha value is -1.49. The van der Waals surface area contributed by atoms with E-state index < -0.39 is 0 Å². The van der Waals surface area contributed by atoms with Crippen molar-refractivity contribution in [3.8, 4) is 16.9 Å². The van der Waals surface area contributed by atoms with E-state index in [4.69, 9.17) is 28.3 Å². The zero-order valence-electron chi connectivity index (χ0n) is 13.4. The van der Waals surface area contributed by atoms with Crippen LogP contribution in [0.15, 0.2) is 46.9 Å². The van der Waals surface area contributed by atoms with Gasteiger partial charge in [0.25, 0.3) is 0 Å². The molecule has 1 N–H and O–H groups in total. The van der Waals surface area contributed by atoms with Gasteiger partial charge < -0.3 is 5.32 Å². The molecule has 0 spiro atoms. The Morgan fingerprint density at radius 1 is 1.04 bits per heavy atom. The van der Waals surface area contributed by atoms with Gasteiger partial charge in [0.2, 0.25) is 0 Å². The van der Waals surface area contributed by atoms with Gasteiger partial charge in [-0.25, -0.2) is 4.68 Å². The lowest BCUT2D eigenvalue weighted by Gasteiger charge is -2.09. The molecule has 0 aliphatic carbocycles. The van der Waals surface area contributed by atoms with Gasteiger partial charge >= 0.3 is 0 Å². The fourth-order valence-electron chi connectivity index (χ4n) is 3.17. The first-order valence-electron chi connectivity index (χ1n) is 8.20. The number of halogens is 3. The summed E-state index contributed by atoms with van der Waals surface area (Å²) >= 11 is 15.9. The van der Waals surface area contributed by atoms with Gasteiger partial charge in [0.1, 0.15) is 5.82 Å². The Bertz CT molecular complexity index is 936. The highest BCUT2D eigenvalue weighted by Gasteiger charge is 2.22. The molecule has 0 bridgehead atoms. The molecule has 1 aliphatic heterocycles. The molecule has 25 heavy (non-hydrogen) atoms. The molecule has 6 heteroatoms. The second-order valence-corrected chi connectivity index (χ2v) is 7.81. The summed E-state index contributed by atoms with van der Waals surface area (Å²) < 4.78 is 3.02. The summed E-state index contributed by atoms with van der Waals surface area (Å²) in [6.07, 6.45) is 3.28. The molecule has 0 saturated heterocycles. The monoisotopic (exact) mass is 435 g/mol. The van der Waals surface area contributed by atoms with Gasteiger partial charge in [-0.05, 0) is 49.6 Å². The summed E-state index contributed by atoms with van der Waals surface area (Å²) in [6, 6.07) is 13.9. The molecule has 1 aromatic heterocycles. The zero-order chi connectivity index (χ0) is 17.4. The van der Waals surface area contributed by atoms with Crippen LogP contribution >= 0.6 is 39.1 Å². The van der Waals surface area contributed by atoms with Crippen molar-refractivity contribution in [1.29, 1.82) is 0 Å². The fourth-order valence-corrected chi connectivity index (χ4v) is 3.86. The predicted molar refractivity (Wildman–Crippen MR) is 108 cm³/mol. The van der Waals surface area contributed by atoms with Crippen molar-refractivity contribution in [2.75, 3.05) is 11.9 Å². The SMILES string of the molecule is Clc1ccc(-c2nn(-c3cccc(Br)c3)c3c2CCCCN3)cc1Cl. The first-order chi connectivity index (χ1) is 12.1. The molecule has 0 saturated carbocycles. The van der Waals surface area contributed by atoms with Gasteiger partial charge in [-0.3, -0.25) is 0 Å². The van der Waals surface area contributed by atoms with Crippen molar-refractivity contribution in [2.24, 2.45) is 0 Å². The smallest absolute Gasteiger partial charge is 0.133 e. The van der Waals surface area contributed by atoms with Gasteiger partial charge in [0, 0.05) is 22.1 Å². The third-order valence-electron chi connectivity index (χ3n) is 4.38. The van der Waals surface area contributed by atoms with Gasteiger partial charge in [-0.2, -0.15) is 5.10 Å². The van der Waals surface area contributed by atoms with Crippen LogP contribution in [-0.4, -0.2) is 16.3 Å². The van der Waals surface area contributed by atoms with Gasteiger partial charge in [0.05, 0.1) is 21.4 Å². The van der Waals surface area contributed by atoms with Crippen molar-refractivity contribution < 1.29 is 0 Å². The standard InChI is InChI=1S/C19H16BrCl2N3/c20-13-4-3-5-14(11-13)25-19-15(6-1-2-9-23-19)18(24-25)12-7-8-16(21)17(22)10-12/h3-5,7-8,10-11,23H,1-2,6,9H2. The maximum absolute atomic E-state index is 6.24. The van der Waals surface area contributed by atoms with Crippen LogP contribution in [0.4, 0.5) is 5.82 Å². The first kappa shape index (κ1) is 17.0. The molecule has 0 atom stereocenters. The summed E-state index contributed by atoms with van der Waals surface area (Å²) in [5.74, 6) is 1.07. The van der Waals surface area contributed by atoms with Crippen molar-refractivity contribution in [3.05, 3.63) is 62.5 Å². The molecule has 2 aromatic carbocycles. The third-order valence-corrected chi connectivity index (χ3v) is 5.61. The normalized spacial score (nSPS) is 13.9. The van der Waals surface area contributed by atoms with E-state index in [-0.39, 0.29) is 0 Å². The molecular formula is C19H16BrCl2N3. The Morgan fingerprint density at radius 3 is 2.72 bits per heavy atom. The minimum absolute atomic E-state index is 0.548. The highest BCUT2D eigenvalue weighted by atomic mass is 79.9. The summed E-state index contributed by atoms with van der Waals surface area (Å²) in [4.78, 5) is 0. The van der Waals surface area contributed by atoms with Crippen LogP contribution < -0.4 is 5.32 Å². The molecule has 3 aromatic rings. The van der Waals surface area contributed by atoms with Crippen LogP contribution in [-0.2, 0) is 6.42 Å². The molecule has 2 heterocycles. The van der Waals surface area contributed by atoms with E-state index in [9.17, 15) is 0 Å². The molecule has 4 rings (SSSR count). The molecule has 128 valence electrons. The average molecular weight is 437 g/mol. The van der Waals surface area contributed by atoms with Crippen LogP contribution in [0.3, 0.4) is 0 Å². The Morgan fingerprint density at radius 2 is 1.92 bits per heavy atom. The number of fused-ring (bicyclic) bond motifs is 1. The summed E-state index contributed by atoms with van der Waals surface area (Å²) in [5.41, 5.74) is 4.20. The van der Waals surface area contributed by atoms with Gasteiger partial charge in [-0.15, -0.1) is 0 Å². The van der Waals surface area contributed by atoms with Crippen LogP contribution in [0.2, 0.25) is 10.0 Å². The topological polar surface area (TPSA) is 29.9 Å². The van der Waals surface area contributed by atoms with Crippen molar-refractivity contribution in [3.63, 3.8) is 0 Å². The third kappa shape index (κ3) is 3.31. The lowest BCUT2D eigenvalue weighted by atomic mass is 10.0. The van der Waals surface area contributed by atoms with E-state index in [2.05, 4.69) is 33.4 Å². The minimum Gasteiger partial charge on any atom is -0.370 e. The molecule has 1 aliphatic rings. The van der Waals surface area contributed by atoms with Crippen molar-refractivity contribution in [1.82, 2.24) is 9.78 Å². The molecular weight excluding hydrogens is 421 g/mol. The number of hydrogen-bond acceptors (Lipinski definition) is 2. The van der Waals surface area contributed by atoms with Crippen LogP contribution in [0.5, 0.6) is 0 Å². The maximum atomic E-state index is 6.24. The molecule has 3 nitrogen and oxygen atoms in total. The Balaban J connectivity index is 1.91. The largest absolute Gasteiger partial charge is 0.370 e. The van der Waals surface area contributed by atoms with E-state index >= 15 is 0 Å². The number of rotatable bonds is 2. The summed E-state index contributed by atoms with van der Waals surface area (Å²) in [6.45, 7) is 0.952. The number of hydrogen-bond donors (Lipinski definition) is 1. The van der Waals surface area contributed by atoms with E-state index in [0.717, 1.165) is 53.0 Å². The summed E-state index contributed by atoms with van der Waals surface area (Å²) in [5, 5.41) is 9.58. The molecule has 0 radical (unpaired) electrons. The van der Waals surface area contributed by atoms with E-state index in [1.807, 2.05) is 35.0 Å². The van der Waals surface area contributed by atoms with E-state index in [0.29, 0.717) is 10.0 Å².